The molecule has 1 aromatic carbocycles. The molecule has 0 fully saturated rings. The third-order valence-electron chi connectivity index (χ3n) is 3.45. The summed E-state index contributed by atoms with van der Waals surface area (Å²) in [5.41, 5.74) is 4.27. The first kappa shape index (κ1) is 24.7. The van der Waals surface area contributed by atoms with E-state index in [1.807, 2.05) is 6.07 Å². The van der Waals surface area contributed by atoms with Crippen LogP contribution in [-0.2, 0) is 30.4 Å². The van der Waals surface area contributed by atoms with Crippen molar-refractivity contribution in [2.75, 3.05) is 6.61 Å². The summed E-state index contributed by atoms with van der Waals surface area (Å²) in [7, 11) is 0. The molecule has 0 saturated carbocycles. The van der Waals surface area contributed by atoms with E-state index in [2.05, 4.69) is 16.2 Å². The van der Waals surface area contributed by atoms with Gasteiger partial charge in [0.15, 0.2) is 0 Å². The topological polar surface area (TPSA) is 132 Å². The van der Waals surface area contributed by atoms with Gasteiger partial charge in [0, 0.05) is 6.42 Å². The maximum Gasteiger partial charge on any atom is 0.426 e. The van der Waals surface area contributed by atoms with Gasteiger partial charge in [-0.15, -0.1) is 0 Å². The van der Waals surface area contributed by atoms with Crippen LogP contribution in [0.1, 0.15) is 46.1 Å². The van der Waals surface area contributed by atoms with Gasteiger partial charge in [-0.2, -0.15) is 0 Å². The SMILES string of the molecule is CCOC(=O)CC[C@H](NC(=O)OCc1ccccc1)C(=O)NNC(=O)OC(C)(C)C. The highest BCUT2D eigenvalue weighted by atomic mass is 16.6. The maximum atomic E-state index is 12.4. The Hall–Kier alpha value is -3.30. The molecular weight excluding hydrogens is 394 g/mol. The Morgan fingerprint density at radius 2 is 1.63 bits per heavy atom. The van der Waals surface area contributed by atoms with Gasteiger partial charge in [-0.1, -0.05) is 30.3 Å². The van der Waals surface area contributed by atoms with Gasteiger partial charge in [0.05, 0.1) is 6.61 Å². The summed E-state index contributed by atoms with van der Waals surface area (Å²) in [4.78, 5) is 47.8. The molecule has 0 radical (unpaired) electrons. The van der Waals surface area contributed by atoms with Crippen molar-refractivity contribution in [1.29, 1.82) is 0 Å². The first-order valence-electron chi connectivity index (χ1n) is 9.52. The number of benzene rings is 1. The molecule has 1 atom stereocenters. The molecule has 10 heteroatoms. The second kappa shape index (κ2) is 12.3. The highest BCUT2D eigenvalue weighted by molar-refractivity contribution is 5.87. The molecule has 10 nitrogen and oxygen atoms in total. The molecule has 0 aliphatic heterocycles. The molecule has 0 aliphatic rings. The van der Waals surface area contributed by atoms with Crippen LogP contribution in [-0.4, -0.2) is 42.3 Å². The Labute approximate surface area is 175 Å². The molecule has 3 amide bonds. The summed E-state index contributed by atoms with van der Waals surface area (Å²) >= 11 is 0. The fourth-order valence-corrected chi connectivity index (χ4v) is 2.17. The number of esters is 1. The number of carbonyl (C=O) groups excluding carboxylic acids is 4. The van der Waals surface area contributed by atoms with Crippen molar-refractivity contribution in [3.63, 3.8) is 0 Å². The molecule has 0 saturated heterocycles. The lowest BCUT2D eigenvalue weighted by Gasteiger charge is -2.21. The number of amides is 3. The number of carbonyl (C=O) groups is 4. The van der Waals surface area contributed by atoms with Gasteiger partial charge in [-0.25, -0.2) is 15.0 Å². The van der Waals surface area contributed by atoms with E-state index in [0.29, 0.717) is 0 Å². The molecule has 0 heterocycles. The zero-order valence-corrected chi connectivity index (χ0v) is 17.7. The molecule has 1 aromatic rings. The molecule has 0 unspecified atom stereocenters. The number of hydrogen-bond donors (Lipinski definition) is 3. The van der Waals surface area contributed by atoms with Gasteiger partial charge in [0.2, 0.25) is 0 Å². The van der Waals surface area contributed by atoms with Crippen LogP contribution in [0.5, 0.6) is 0 Å². The summed E-state index contributed by atoms with van der Waals surface area (Å²) < 4.78 is 14.9. The first-order chi connectivity index (χ1) is 14.1. The molecule has 0 bridgehead atoms. The highest BCUT2D eigenvalue weighted by Gasteiger charge is 2.24. The zero-order valence-electron chi connectivity index (χ0n) is 17.7. The predicted octanol–water partition coefficient (Wildman–Crippen LogP) is 2.18. The number of hydrazine groups is 1. The van der Waals surface area contributed by atoms with Crippen LogP contribution in [0.25, 0.3) is 0 Å². The molecule has 166 valence electrons. The van der Waals surface area contributed by atoms with Gasteiger partial charge in [0.1, 0.15) is 18.2 Å². The van der Waals surface area contributed by atoms with Crippen LogP contribution in [0.2, 0.25) is 0 Å². The van der Waals surface area contributed by atoms with Crippen molar-refractivity contribution in [1.82, 2.24) is 16.2 Å². The molecule has 0 spiro atoms. The minimum Gasteiger partial charge on any atom is -0.466 e. The van der Waals surface area contributed by atoms with Crippen molar-refractivity contribution >= 4 is 24.1 Å². The average Bonchev–Trinajstić information content (AvgIpc) is 2.67. The number of alkyl carbamates (subject to hydrolysis) is 1. The Balaban J connectivity index is 2.63. The summed E-state index contributed by atoms with van der Waals surface area (Å²) in [5, 5.41) is 2.38. The van der Waals surface area contributed by atoms with E-state index in [0.717, 1.165) is 5.56 Å². The fourth-order valence-electron chi connectivity index (χ4n) is 2.17. The molecule has 3 N–H and O–H groups in total. The minimum atomic E-state index is -1.15. The second-order valence-electron chi connectivity index (χ2n) is 7.22. The Kier molecular flexibility index (Phi) is 10.1. The standard InChI is InChI=1S/C20H29N3O7/c1-5-28-16(24)12-11-15(17(25)22-23-19(27)30-20(2,3)4)21-18(26)29-13-14-9-7-6-8-10-14/h6-10,15H,5,11-13H2,1-4H3,(H,21,26)(H,22,25)(H,23,27)/t15-/m0/s1. The average molecular weight is 423 g/mol. The van der Waals surface area contributed by atoms with Crippen LogP contribution in [0, 0.1) is 0 Å². The molecule has 30 heavy (non-hydrogen) atoms. The van der Waals surface area contributed by atoms with E-state index in [4.69, 9.17) is 14.2 Å². The smallest absolute Gasteiger partial charge is 0.426 e. The monoisotopic (exact) mass is 423 g/mol. The minimum absolute atomic E-state index is 0.00898. The zero-order chi connectivity index (χ0) is 22.6. The summed E-state index contributed by atoms with van der Waals surface area (Å²) in [6.07, 6.45) is -1.88. The number of hydrogen-bond acceptors (Lipinski definition) is 7. The summed E-state index contributed by atoms with van der Waals surface area (Å²) in [6.45, 7) is 6.87. The number of nitrogens with one attached hydrogen (secondary N) is 3. The quantitative estimate of drug-likeness (QED) is 0.332. The van der Waals surface area contributed by atoms with E-state index in [1.54, 1.807) is 52.0 Å². The highest BCUT2D eigenvalue weighted by Crippen LogP contribution is 2.06. The van der Waals surface area contributed by atoms with E-state index in [-0.39, 0.29) is 26.1 Å². The van der Waals surface area contributed by atoms with Gasteiger partial charge < -0.3 is 19.5 Å². The predicted molar refractivity (Wildman–Crippen MR) is 107 cm³/mol. The van der Waals surface area contributed by atoms with Crippen molar-refractivity contribution in [2.45, 2.75) is 58.8 Å². The van der Waals surface area contributed by atoms with Gasteiger partial charge in [-0.3, -0.25) is 15.0 Å². The van der Waals surface area contributed by atoms with Crippen LogP contribution < -0.4 is 16.2 Å². The third kappa shape index (κ3) is 10.9. The van der Waals surface area contributed by atoms with Crippen LogP contribution >= 0.6 is 0 Å². The van der Waals surface area contributed by atoms with Gasteiger partial charge >= 0.3 is 18.2 Å². The van der Waals surface area contributed by atoms with E-state index < -0.39 is 35.7 Å². The van der Waals surface area contributed by atoms with Gasteiger partial charge in [-0.05, 0) is 39.7 Å². The van der Waals surface area contributed by atoms with Gasteiger partial charge in [0.25, 0.3) is 5.91 Å². The third-order valence-corrected chi connectivity index (χ3v) is 3.45. The number of ether oxygens (including phenoxy) is 3. The maximum absolute atomic E-state index is 12.4. The lowest BCUT2D eigenvalue weighted by molar-refractivity contribution is -0.143. The van der Waals surface area contributed by atoms with Crippen molar-refractivity contribution in [3.8, 4) is 0 Å². The van der Waals surface area contributed by atoms with Crippen molar-refractivity contribution in [2.24, 2.45) is 0 Å². The summed E-state index contributed by atoms with van der Waals surface area (Å²) in [6, 6.07) is 7.85. The molecular formula is C20H29N3O7. The Morgan fingerprint density at radius 1 is 0.967 bits per heavy atom. The Morgan fingerprint density at radius 3 is 2.23 bits per heavy atom. The molecule has 0 aliphatic carbocycles. The lowest BCUT2D eigenvalue weighted by Crippen LogP contribution is -2.53. The molecule has 0 aromatic heterocycles. The normalized spacial score (nSPS) is 11.6. The van der Waals surface area contributed by atoms with Crippen molar-refractivity contribution < 1.29 is 33.4 Å². The van der Waals surface area contributed by atoms with Crippen molar-refractivity contribution in [3.05, 3.63) is 35.9 Å². The van der Waals surface area contributed by atoms with E-state index in [9.17, 15) is 19.2 Å². The number of rotatable bonds is 8. The van der Waals surface area contributed by atoms with E-state index >= 15 is 0 Å². The van der Waals surface area contributed by atoms with Crippen LogP contribution in [0.15, 0.2) is 30.3 Å². The lowest BCUT2D eigenvalue weighted by atomic mass is 10.1. The van der Waals surface area contributed by atoms with Crippen LogP contribution in [0.4, 0.5) is 9.59 Å². The summed E-state index contributed by atoms with van der Waals surface area (Å²) in [5.74, 6) is -1.27. The Bertz CT molecular complexity index is 717. The first-order valence-corrected chi connectivity index (χ1v) is 9.52. The van der Waals surface area contributed by atoms with E-state index in [1.165, 1.54) is 0 Å². The fraction of sp³-hybridized carbons (Fsp3) is 0.500. The van der Waals surface area contributed by atoms with Crippen LogP contribution in [0.3, 0.4) is 0 Å². The molecule has 1 rings (SSSR count). The largest absolute Gasteiger partial charge is 0.466 e. The second-order valence-corrected chi connectivity index (χ2v) is 7.22.